The highest BCUT2D eigenvalue weighted by Crippen LogP contribution is 2.10. The van der Waals surface area contributed by atoms with E-state index in [2.05, 4.69) is 27.2 Å². The van der Waals surface area contributed by atoms with Gasteiger partial charge in [-0.15, -0.1) is 6.58 Å². The molecule has 6 nitrogen and oxygen atoms in total. The number of carbonyl (C=O) groups is 1. The molecular weight excluding hydrogens is 278 g/mol. The normalized spacial score (nSPS) is 11.7. The zero-order chi connectivity index (χ0) is 15.8. The van der Waals surface area contributed by atoms with Gasteiger partial charge in [0.15, 0.2) is 0 Å². The number of hydrogen-bond donors (Lipinski definition) is 2. The summed E-state index contributed by atoms with van der Waals surface area (Å²) in [6, 6.07) is 3.71. The Morgan fingerprint density at radius 1 is 1.50 bits per heavy atom. The van der Waals surface area contributed by atoms with Crippen molar-refractivity contribution in [3.8, 4) is 5.82 Å². The van der Waals surface area contributed by atoms with E-state index in [-0.39, 0.29) is 12.1 Å². The van der Waals surface area contributed by atoms with Crippen LogP contribution in [0.4, 0.5) is 4.79 Å². The van der Waals surface area contributed by atoms with Crippen molar-refractivity contribution in [1.82, 2.24) is 25.2 Å². The zero-order valence-corrected chi connectivity index (χ0v) is 12.7. The molecular formula is C16H21N5O. The summed E-state index contributed by atoms with van der Waals surface area (Å²) >= 11 is 0. The second kappa shape index (κ2) is 7.97. The molecule has 2 heterocycles. The summed E-state index contributed by atoms with van der Waals surface area (Å²) in [7, 11) is 0. The molecule has 2 amide bonds. The van der Waals surface area contributed by atoms with Crippen molar-refractivity contribution >= 4 is 6.03 Å². The summed E-state index contributed by atoms with van der Waals surface area (Å²) in [5, 5.41) is 5.80. The summed E-state index contributed by atoms with van der Waals surface area (Å²) < 4.78 is 1.82. The van der Waals surface area contributed by atoms with E-state index in [0.717, 1.165) is 24.2 Å². The largest absolute Gasteiger partial charge is 0.335 e. The summed E-state index contributed by atoms with van der Waals surface area (Å²) in [4.78, 5) is 20.3. The Hall–Kier alpha value is -2.63. The average Bonchev–Trinajstić information content (AvgIpc) is 3.07. The molecule has 22 heavy (non-hydrogen) atoms. The number of nitrogens with one attached hydrogen (secondary N) is 2. The third-order valence-corrected chi connectivity index (χ3v) is 3.34. The molecule has 0 aliphatic heterocycles. The summed E-state index contributed by atoms with van der Waals surface area (Å²) in [6.45, 7) is 6.14. The average molecular weight is 299 g/mol. The van der Waals surface area contributed by atoms with Crippen molar-refractivity contribution < 1.29 is 4.79 Å². The summed E-state index contributed by atoms with van der Waals surface area (Å²) in [6.07, 6.45) is 10.4. The van der Waals surface area contributed by atoms with Crippen molar-refractivity contribution in [1.29, 1.82) is 0 Å². The van der Waals surface area contributed by atoms with E-state index in [1.54, 1.807) is 18.7 Å². The van der Waals surface area contributed by atoms with E-state index in [1.165, 1.54) is 0 Å². The van der Waals surface area contributed by atoms with Gasteiger partial charge in [-0.05, 0) is 18.9 Å². The van der Waals surface area contributed by atoms with Gasteiger partial charge in [-0.1, -0.05) is 19.1 Å². The predicted molar refractivity (Wildman–Crippen MR) is 85.6 cm³/mol. The zero-order valence-electron chi connectivity index (χ0n) is 12.7. The molecule has 2 N–H and O–H groups in total. The van der Waals surface area contributed by atoms with E-state index in [9.17, 15) is 4.79 Å². The van der Waals surface area contributed by atoms with Crippen LogP contribution in [0.5, 0.6) is 0 Å². The maximum absolute atomic E-state index is 12.0. The predicted octanol–water partition coefficient (Wildman–Crippen LogP) is 2.42. The van der Waals surface area contributed by atoms with Gasteiger partial charge in [0, 0.05) is 36.7 Å². The first-order valence-electron chi connectivity index (χ1n) is 7.32. The van der Waals surface area contributed by atoms with Crippen LogP contribution in [-0.2, 0) is 6.54 Å². The number of pyridine rings is 1. The lowest BCUT2D eigenvalue weighted by Crippen LogP contribution is -2.41. The second-order valence-electron chi connectivity index (χ2n) is 4.91. The Labute approximate surface area is 130 Å². The number of urea groups is 1. The number of imidazole rings is 1. The van der Waals surface area contributed by atoms with Gasteiger partial charge in [0.05, 0.1) is 0 Å². The minimum absolute atomic E-state index is 0.111. The maximum Gasteiger partial charge on any atom is 0.315 e. The van der Waals surface area contributed by atoms with Crippen LogP contribution in [0.25, 0.3) is 5.82 Å². The Kier molecular flexibility index (Phi) is 5.71. The van der Waals surface area contributed by atoms with Crippen molar-refractivity contribution in [2.75, 3.05) is 0 Å². The molecule has 2 aromatic rings. The number of hydrogen-bond acceptors (Lipinski definition) is 3. The van der Waals surface area contributed by atoms with Gasteiger partial charge in [-0.25, -0.2) is 14.8 Å². The topological polar surface area (TPSA) is 71.8 Å². The highest BCUT2D eigenvalue weighted by Gasteiger charge is 2.10. The Balaban J connectivity index is 1.97. The molecule has 0 radical (unpaired) electrons. The molecule has 2 rings (SSSR count). The first-order valence-corrected chi connectivity index (χ1v) is 7.32. The van der Waals surface area contributed by atoms with Crippen LogP contribution in [0.3, 0.4) is 0 Å². The van der Waals surface area contributed by atoms with E-state index in [4.69, 9.17) is 0 Å². The van der Waals surface area contributed by atoms with Crippen molar-refractivity contribution in [2.24, 2.45) is 0 Å². The van der Waals surface area contributed by atoms with Crippen LogP contribution in [0.2, 0.25) is 0 Å². The van der Waals surface area contributed by atoms with Crippen LogP contribution in [0.15, 0.2) is 49.7 Å². The Bertz CT molecular complexity index is 609. The third-order valence-electron chi connectivity index (χ3n) is 3.34. The number of nitrogens with zero attached hydrogens (tertiary/aromatic N) is 3. The van der Waals surface area contributed by atoms with Gasteiger partial charge in [0.25, 0.3) is 0 Å². The minimum atomic E-state index is -0.186. The van der Waals surface area contributed by atoms with E-state index in [1.807, 2.05) is 35.9 Å². The molecule has 1 atom stereocenters. The van der Waals surface area contributed by atoms with E-state index < -0.39 is 0 Å². The Morgan fingerprint density at radius 2 is 2.36 bits per heavy atom. The maximum atomic E-state index is 12.0. The van der Waals surface area contributed by atoms with Gasteiger partial charge in [0.1, 0.15) is 12.1 Å². The molecule has 2 aromatic heterocycles. The quantitative estimate of drug-likeness (QED) is 0.771. The highest BCUT2D eigenvalue weighted by molar-refractivity contribution is 5.74. The van der Waals surface area contributed by atoms with Gasteiger partial charge >= 0.3 is 6.03 Å². The fourth-order valence-electron chi connectivity index (χ4n) is 2.13. The van der Waals surface area contributed by atoms with Gasteiger partial charge in [-0.2, -0.15) is 0 Å². The minimum Gasteiger partial charge on any atom is -0.335 e. The number of rotatable bonds is 7. The molecule has 0 unspecified atom stereocenters. The smallest absolute Gasteiger partial charge is 0.315 e. The molecule has 0 aliphatic rings. The van der Waals surface area contributed by atoms with Crippen molar-refractivity contribution in [3.63, 3.8) is 0 Å². The first-order chi connectivity index (χ1) is 10.7. The van der Waals surface area contributed by atoms with Gasteiger partial charge in [-0.3, -0.25) is 4.57 Å². The lowest BCUT2D eigenvalue weighted by atomic mass is 10.1. The fraction of sp³-hybridized carbons (Fsp3) is 0.312. The van der Waals surface area contributed by atoms with Crippen LogP contribution < -0.4 is 10.6 Å². The fourth-order valence-corrected chi connectivity index (χ4v) is 2.13. The lowest BCUT2D eigenvalue weighted by Gasteiger charge is -2.16. The molecule has 0 saturated carbocycles. The number of aromatic nitrogens is 3. The Morgan fingerprint density at radius 3 is 3.05 bits per heavy atom. The van der Waals surface area contributed by atoms with Crippen LogP contribution >= 0.6 is 0 Å². The van der Waals surface area contributed by atoms with Crippen LogP contribution in [0, 0.1) is 0 Å². The van der Waals surface area contributed by atoms with E-state index >= 15 is 0 Å². The first kappa shape index (κ1) is 15.8. The van der Waals surface area contributed by atoms with Gasteiger partial charge in [0.2, 0.25) is 0 Å². The van der Waals surface area contributed by atoms with Crippen LogP contribution in [-0.4, -0.2) is 26.6 Å². The van der Waals surface area contributed by atoms with Crippen molar-refractivity contribution in [2.45, 2.75) is 32.4 Å². The monoisotopic (exact) mass is 299 g/mol. The van der Waals surface area contributed by atoms with Crippen molar-refractivity contribution in [3.05, 3.63) is 55.3 Å². The standard InChI is InChI=1S/C16H21N5O/c1-3-6-14(4-2)20-16(22)19-11-13-7-5-8-18-15(13)21-10-9-17-12-21/h3,5,7-10,12,14H,1,4,6,11H2,2H3,(H2,19,20,22)/t14-/m0/s1. The molecule has 0 saturated heterocycles. The molecule has 0 aliphatic carbocycles. The molecule has 116 valence electrons. The molecule has 0 fully saturated rings. The molecule has 0 bridgehead atoms. The highest BCUT2D eigenvalue weighted by atomic mass is 16.2. The summed E-state index contributed by atoms with van der Waals surface area (Å²) in [5.74, 6) is 0.762. The van der Waals surface area contributed by atoms with Crippen LogP contribution in [0.1, 0.15) is 25.3 Å². The molecule has 0 spiro atoms. The second-order valence-corrected chi connectivity index (χ2v) is 4.91. The third kappa shape index (κ3) is 4.18. The SMILES string of the molecule is C=CC[C@H](CC)NC(=O)NCc1cccnc1-n1ccnc1. The number of carbonyl (C=O) groups excluding carboxylic acids is 1. The number of amides is 2. The van der Waals surface area contributed by atoms with Gasteiger partial charge < -0.3 is 10.6 Å². The molecule has 6 heteroatoms. The summed E-state index contributed by atoms with van der Waals surface area (Å²) in [5.41, 5.74) is 0.924. The van der Waals surface area contributed by atoms with E-state index in [0.29, 0.717) is 6.54 Å². The lowest BCUT2D eigenvalue weighted by molar-refractivity contribution is 0.236. The molecule has 0 aromatic carbocycles.